The maximum atomic E-state index is 11.7. The Morgan fingerprint density at radius 3 is 2.48 bits per heavy atom. The molecule has 0 aliphatic rings. The number of hydrogen-bond donors (Lipinski definition) is 1. The molecule has 0 spiro atoms. The average Bonchev–Trinajstić information content (AvgIpc) is 2.74. The van der Waals surface area contributed by atoms with Crippen molar-refractivity contribution in [3.05, 3.63) is 84.4 Å². The molecule has 3 aromatic carbocycles. The van der Waals surface area contributed by atoms with Gasteiger partial charge in [-0.2, -0.15) is 0 Å². The number of aryl methyl sites for hydroxylation is 1. The smallest absolute Gasteiger partial charge is 0.311 e. The molecule has 0 aromatic heterocycles. The molecule has 0 aliphatic heterocycles. The quantitative estimate of drug-likeness (QED) is 0.235. The number of anilines is 1. The molecule has 0 radical (unpaired) electrons. The van der Waals surface area contributed by atoms with Gasteiger partial charge >= 0.3 is 5.97 Å². The third-order valence-electron chi connectivity index (χ3n) is 4.40. The van der Waals surface area contributed by atoms with Crippen LogP contribution in [-0.4, -0.2) is 12.5 Å². The van der Waals surface area contributed by atoms with Gasteiger partial charge in [0, 0.05) is 28.4 Å². The summed E-state index contributed by atoms with van der Waals surface area (Å²) >= 11 is 1.66. The molecule has 0 atom stereocenters. The first-order valence-electron chi connectivity index (χ1n) is 10.1. The summed E-state index contributed by atoms with van der Waals surface area (Å²) in [4.78, 5) is 13.9. The number of rotatable bonds is 10. The van der Waals surface area contributed by atoms with Gasteiger partial charge in [0.1, 0.15) is 5.75 Å². The molecule has 0 saturated heterocycles. The minimum absolute atomic E-state index is 0.183. The van der Waals surface area contributed by atoms with Gasteiger partial charge in [0.25, 0.3) is 0 Å². The molecular formula is C25H27NO2S. The Bertz CT molecular complexity index is 894. The summed E-state index contributed by atoms with van der Waals surface area (Å²) in [6.45, 7) is 2.92. The Labute approximate surface area is 177 Å². The SMILES string of the molecule is CCCC(=O)Oc1cccc(Sc2ccc(NCCCc3ccccc3)cc2)c1. The fraction of sp³-hybridized carbons (Fsp3) is 0.240. The summed E-state index contributed by atoms with van der Waals surface area (Å²) in [7, 11) is 0. The second-order valence-corrected chi connectivity index (χ2v) is 7.99. The fourth-order valence-electron chi connectivity index (χ4n) is 2.93. The molecule has 0 aliphatic carbocycles. The summed E-state index contributed by atoms with van der Waals surface area (Å²) in [6.07, 6.45) is 3.42. The van der Waals surface area contributed by atoms with Crippen molar-refractivity contribution in [2.75, 3.05) is 11.9 Å². The van der Waals surface area contributed by atoms with Crippen LogP contribution in [-0.2, 0) is 11.2 Å². The van der Waals surface area contributed by atoms with E-state index in [-0.39, 0.29) is 5.97 Å². The van der Waals surface area contributed by atoms with Crippen LogP contribution in [0.3, 0.4) is 0 Å². The highest BCUT2D eigenvalue weighted by molar-refractivity contribution is 7.99. The molecule has 0 bridgehead atoms. The molecule has 150 valence electrons. The molecule has 3 nitrogen and oxygen atoms in total. The van der Waals surface area contributed by atoms with Crippen molar-refractivity contribution in [3.8, 4) is 5.75 Å². The van der Waals surface area contributed by atoms with Crippen molar-refractivity contribution >= 4 is 23.4 Å². The number of hydrogen-bond acceptors (Lipinski definition) is 4. The first-order valence-corrected chi connectivity index (χ1v) is 10.9. The Kier molecular flexibility index (Phi) is 8.20. The molecular weight excluding hydrogens is 378 g/mol. The number of carbonyl (C=O) groups is 1. The molecule has 0 fully saturated rings. The van der Waals surface area contributed by atoms with E-state index in [1.807, 2.05) is 31.2 Å². The van der Waals surface area contributed by atoms with Crippen LogP contribution >= 0.6 is 11.8 Å². The number of esters is 1. The van der Waals surface area contributed by atoms with E-state index in [9.17, 15) is 4.79 Å². The average molecular weight is 406 g/mol. The number of carbonyl (C=O) groups excluding carboxylic acids is 1. The summed E-state index contributed by atoms with van der Waals surface area (Å²) < 4.78 is 5.38. The summed E-state index contributed by atoms with van der Waals surface area (Å²) in [5.41, 5.74) is 2.51. The molecule has 0 amide bonds. The first kappa shape index (κ1) is 21.0. The second kappa shape index (κ2) is 11.3. The lowest BCUT2D eigenvalue weighted by atomic mass is 10.1. The van der Waals surface area contributed by atoms with Gasteiger partial charge in [-0.05, 0) is 67.3 Å². The third kappa shape index (κ3) is 7.31. The molecule has 29 heavy (non-hydrogen) atoms. The Balaban J connectivity index is 1.47. The molecule has 3 rings (SSSR count). The number of ether oxygens (including phenoxy) is 1. The van der Waals surface area contributed by atoms with E-state index in [4.69, 9.17) is 4.74 Å². The molecule has 1 N–H and O–H groups in total. The highest BCUT2D eigenvalue weighted by Gasteiger charge is 2.05. The van der Waals surface area contributed by atoms with Crippen LogP contribution in [0.5, 0.6) is 5.75 Å². The van der Waals surface area contributed by atoms with E-state index in [1.54, 1.807) is 11.8 Å². The number of nitrogens with one attached hydrogen (secondary N) is 1. The van der Waals surface area contributed by atoms with E-state index < -0.39 is 0 Å². The highest BCUT2D eigenvalue weighted by atomic mass is 32.2. The lowest BCUT2D eigenvalue weighted by molar-refractivity contribution is -0.134. The highest BCUT2D eigenvalue weighted by Crippen LogP contribution is 2.31. The van der Waals surface area contributed by atoms with Crippen molar-refractivity contribution in [1.82, 2.24) is 0 Å². The van der Waals surface area contributed by atoms with Gasteiger partial charge in [-0.15, -0.1) is 0 Å². The van der Waals surface area contributed by atoms with Gasteiger partial charge in [-0.25, -0.2) is 0 Å². The topological polar surface area (TPSA) is 38.3 Å². The van der Waals surface area contributed by atoms with Crippen molar-refractivity contribution in [1.29, 1.82) is 0 Å². The normalized spacial score (nSPS) is 10.5. The van der Waals surface area contributed by atoms with Crippen LogP contribution in [0.15, 0.2) is 88.7 Å². The van der Waals surface area contributed by atoms with Crippen LogP contribution in [0.25, 0.3) is 0 Å². The largest absolute Gasteiger partial charge is 0.426 e. The van der Waals surface area contributed by atoms with Crippen LogP contribution in [0.4, 0.5) is 5.69 Å². The van der Waals surface area contributed by atoms with Crippen molar-refractivity contribution < 1.29 is 9.53 Å². The van der Waals surface area contributed by atoms with Crippen LogP contribution < -0.4 is 10.1 Å². The molecule has 0 saturated carbocycles. The molecule has 3 aromatic rings. The van der Waals surface area contributed by atoms with E-state index >= 15 is 0 Å². The maximum Gasteiger partial charge on any atom is 0.311 e. The van der Waals surface area contributed by atoms with Gasteiger partial charge in [0.15, 0.2) is 0 Å². The Morgan fingerprint density at radius 2 is 1.72 bits per heavy atom. The first-order chi connectivity index (χ1) is 14.2. The standard InChI is InChI=1S/C25H27NO2S/c1-2-8-25(27)28-22-12-6-13-24(19-22)29-23-16-14-21(15-17-23)26-18-7-11-20-9-4-3-5-10-20/h3-6,9-10,12-17,19,26H,2,7-8,11,18H2,1H3. The second-order valence-electron chi connectivity index (χ2n) is 6.84. The minimum atomic E-state index is -0.183. The third-order valence-corrected chi connectivity index (χ3v) is 5.39. The zero-order valence-corrected chi connectivity index (χ0v) is 17.6. The maximum absolute atomic E-state index is 11.7. The fourth-order valence-corrected chi connectivity index (χ4v) is 3.80. The van der Waals surface area contributed by atoms with Crippen molar-refractivity contribution in [2.45, 2.75) is 42.4 Å². The lowest BCUT2D eigenvalue weighted by Crippen LogP contribution is -2.06. The molecule has 0 heterocycles. The van der Waals surface area contributed by atoms with E-state index in [2.05, 4.69) is 59.9 Å². The molecule has 4 heteroatoms. The Morgan fingerprint density at radius 1 is 0.931 bits per heavy atom. The molecule has 0 unspecified atom stereocenters. The number of benzene rings is 3. The zero-order valence-electron chi connectivity index (χ0n) is 16.8. The lowest BCUT2D eigenvalue weighted by Gasteiger charge is -2.09. The van der Waals surface area contributed by atoms with Gasteiger partial charge in [-0.1, -0.05) is 55.1 Å². The van der Waals surface area contributed by atoms with Gasteiger partial charge < -0.3 is 10.1 Å². The van der Waals surface area contributed by atoms with E-state index in [0.29, 0.717) is 12.2 Å². The van der Waals surface area contributed by atoms with Crippen LogP contribution in [0.1, 0.15) is 31.7 Å². The summed E-state index contributed by atoms with van der Waals surface area (Å²) in [6, 6.07) is 26.7. The van der Waals surface area contributed by atoms with Gasteiger partial charge in [0.05, 0.1) is 0 Å². The monoisotopic (exact) mass is 405 g/mol. The summed E-state index contributed by atoms with van der Waals surface area (Å²) in [5, 5.41) is 3.48. The predicted molar refractivity (Wildman–Crippen MR) is 121 cm³/mol. The Hall–Kier alpha value is -2.72. The van der Waals surface area contributed by atoms with E-state index in [1.165, 1.54) is 5.56 Å². The van der Waals surface area contributed by atoms with Crippen LogP contribution in [0, 0.1) is 0 Å². The van der Waals surface area contributed by atoms with Crippen molar-refractivity contribution in [2.24, 2.45) is 0 Å². The summed E-state index contributed by atoms with van der Waals surface area (Å²) in [5.74, 6) is 0.419. The van der Waals surface area contributed by atoms with Crippen molar-refractivity contribution in [3.63, 3.8) is 0 Å². The predicted octanol–water partition coefficient (Wildman–Crippen LogP) is 6.59. The minimum Gasteiger partial charge on any atom is -0.426 e. The zero-order chi connectivity index (χ0) is 20.3. The van der Waals surface area contributed by atoms with E-state index in [0.717, 1.165) is 41.3 Å². The van der Waals surface area contributed by atoms with Gasteiger partial charge in [-0.3, -0.25) is 4.79 Å². The van der Waals surface area contributed by atoms with Crippen LogP contribution in [0.2, 0.25) is 0 Å². The van der Waals surface area contributed by atoms with Gasteiger partial charge in [0.2, 0.25) is 0 Å².